The fourth-order valence-corrected chi connectivity index (χ4v) is 4.69. The summed E-state index contributed by atoms with van der Waals surface area (Å²) in [6, 6.07) is 3.60. The average molecular weight is 440 g/mol. The molecule has 3 N–H and O–H groups in total. The number of sulfonamides is 1. The molecule has 0 spiro atoms. The van der Waals surface area contributed by atoms with E-state index < -0.39 is 10.0 Å². The summed E-state index contributed by atoms with van der Waals surface area (Å²) in [4.78, 5) is 9.42. The van der Waals surface area contributed by atoms with Crippen LogP contribution in [0.25, 0.3) is 0 Å². The Hall–Kier alpha value is -1.71. The summed E-state index contributed by atoms with van der Waals surface area (Å²) in [5.74, 6) is 1.04. The molecule has 2 rings (SSSR count). The zero-order valence-corrected chi connectivity index (χ0v) is 18.9. The van der Waals surface area contributed by atoms with Gasteiger partial charge in [-0.2, -0.15) is 0 Å². The van der Waals surface area contributed by atoms with Gasteiger partial charge in [-0.1, -0.05) is 49.4 Å². The van der Waals surface area contributed by atoms with Gasteiger partial charge in [-0.3, -0.25) is 15.2 Å². The molecule has 170 valence electrons. The summed E-state index contributed by atoms with van der Waals surface area (Å²) in [7, 11) is -1.86. The van der Waals surface area contributed by atoms with Crippen molar-refractivity contribution in [2.24, 2.45) is 5.92 Å². The molecular weight excluding hydrogens is 402 g/mol. The number of nitrogens with zero attached hydrogens (tertiary/aromatic N) is 2. The van der Waals surface area contributed by atoms with E-state index in [1.54, 1.807) is 24.5 Å². The predicted octanol–water partition coefficient (Wildman–Crippen LogP) is 3.74. The highest BCUT2D eigenvalue weighted by atomic mass is 32.2. The Morgan fingerprint density at radius 2 is 1.87 bits per heavy atom. The minimum absolute atomic E-state index is 0.111. The van der Waals surface area contributed by atoms with Crippen LogP contribution in [-0.2, 0) is 14.9 Å². The first-order chi connectivity index (χ1) is 14.5. The molecule has 0 aromatic carbocycles. The van der Waals surface area contributed by atoms with Gasteiger partial charge in [-0.15, -0.1) is 0 Å². The molecular formula is C21H37N5O3S. The van der Waals surface area contributed by atoms with E-state index in [-0.39, 0.29) is 11.7 Å². The van der Waals surface area contributed by atoms with Crippen molar-refractivity contribution in [2.75, 3.05) is 31.3 Å². The van der Waals surface area contributed by atoms with Crippen LogP contribution >= 0.6 is 0 Å². The molecule has 1 aromatic heterocycles. The maximum atomic E-state index is 12.3. The average Bonchev–Trinajstić information content (AvgIpc) is 2.74. The second-order valence-electron chi connectivity index (χ2n) is 7.93. The van der Waals surface area contributed by atoms with Gasteiger partial charge in [0, 0.05) is 31.7 Å². The lowest BCUT2D eigenvalue weighted by atomic mass is 9.87. The molecule has 1 heterocycles. The number of pyridine rings is 1. The first-order valence-electron chi connectivity index (χ1n) is 11.1. The SMILES string of the molecule is CN(OCCC1CCCCC1)S(=O)(=O)CCCCCCNC(=N)Nc1ccncc1. The van der Waals surface area contributed by atoms with Crippen LogP contribution in [0.4, 0.5) is 5.69 Å². The molecule has 0 bridgehead atoms. The van der Waals surface area contributed by atoms with Crippen LogP contribution in [-0.4, -0.2) is 49.8 Å². The second-order valence-corrected chi connectivity index (χ2v) is 10.0. The molecule has 1 aliphatic carbocycles. The van der Waals surface area contributed by atoms with E-state index >= 15 is 0 Å². The summed E-state index contributed by atoms with van der Waals surface area (Å²) in [6.07, 6.45) is 13.9. The zero-order valence-electron chi connectivity index (χ0n) is 18.1. The molecule has 1 aliphatic rings. The molecule has 0 radical (unpaired) electrons. The third-order valence-electron chi connectivity index (χ3n) is 5.50. The predicted molar refractivity (Wildman–Crippen MR) is 121 cm³/mol. The number of rotatable bonds is 13. The summed E-state index contributed by atoms with van der Waals surface area (Å²) in [6.45, 7) is 1.15. The standard InChI is InChI=1S/C21H37N5O3S/c1-26(29-17-13-19-9-5-4-6-10-19)30(27,28)18-8-3-2-7-14-24-21(22)25-20-11-15-23-16-12-20/h11-12,15-16,19H,2-10,13-14,17-18H2,1H3,(H3,22,23,24,25). The fourth-order valence-electron chi connectivity index (χ4n) is 3.63. The van der Waals surface area contributed by atoms with E-state index in [2.05, 4.69) is 15.6 Å². The molecule has 1 fully saturated rings. The molecule has 0 unspecified atom stereocenters. The number of aromatic nitrogens is 1. The lowest BCUT2D eigenvalue weighted by molar-refractivity contribution is -0.0707. The normalized spacial score (nSPS) is 15.3. The van der Waals surface area contributed by atoms with Crippen molar-refractivity contribution in [1.82, 2.24) is 14.8 Å². The van der Waals surface area contributed by atoms with Crippen LogP contribution in [0.15, 0.2) is 24.5 Å². The van der Waals surface area contributed by atoms with Crippen LogP contribution < -0.4 is 10.6 Å². The van der Waals surface area contributed by atoms with Gasteiger partial charge in [-0.05, 0) is 37.3 Å². The minimum atomic E-state index is -3.36. The van der Waals surface area contributed by atoms with Crippen LogP contribution in [0, 0.1) is 11.3 Å². The molecule has 8 nitrogen and oxygen atoms in total. The third-order valence-corrected chi connectivity index (χ3v) is 7.19. The van der Waals surface area contributed by atoms with E-state index in [4.69, 9.17) is 10.2 Å². The van der Waals surface area contributed by atoms with Gasteiger partial charge < -0.3 is 10.6 Å². The first kappa shape index (κ1) is 24.6. The molecule has 1 aromatic rings. The largest absolute Gasteiger partial charge is 0.356 e. The molecule has 0 saturated heterocycles. The van der Waals surface area contributed by atoms with Crippen molar-refractivity contribution in [3.63, 3.8) is 0 Å². The highest BCUT2D eigenvalue weighted by Crippen LogP contribution is 2.26. The summed E-state index contributed by atoms with van der Waals surface area (Å²) < 4.78 is 25.7. The van der Waals surface area contributed by atoms with E-state index in [0.29, 0.717) is 25.5 Å². The lowest BCUT2D eigenvalue weighted by Crippen LogP contribution is -2.30. The van der Waals surface area contributed by atoms with Gasteiger partial charge in [0.2, 0.25) is 10.0 Å². The first-order valence-corrected chi connectivity index (χ1v) is 12.7. The number of nitrogens with one attached hydrogen (secondary N) is 3. The van der Waals surface area contributed by atoms with Crippen molar-refractivity contribution in [3.05, 3.63) is 24.5 Å². The second kappa shape index (κ2) is 13.6. The maximum Gasteiger partial charge on any atom is 0.235 e. The highest BCUT2D eigenvalue weighted by Gasteiger charge is 2.19. The van der Waals surface area contributed by atoms with Crippen LogP contribution in [0.5, 0.6) is 0 Å². The monoisotopic (exact) mass is 439 g/mol. The smallest absolute Gasteiger partial charge is 0.235 e. The third kappa shape index (κ3) is 9.86. The van der Waals surface area contributed by atoms with Gasteiger partial charge in [0.25, 0.3) is 0 Å². The van der Waals surface area contributed by atoms with Gasteiger partial charge >= 0.3 is 0 Å². The Kier molecular flexibility index (Phi) is 11.1. The molecule has 0 aliphatic heterocycles. The van der Waals surface area contributed by atoms with Gasteiger partial charge in [-0.25, -0.2) is 8.42 Å². The van der Waals surface area contributed by atoms with Crippen LogP contribution in [0.3, 0.4) is 0 Å². The van der Waals surface area contributed by atoms with Crippen LogP contribution in [0.1, 0.15) is 64.2 Å². The fraction of sp³-hybridized carbons (Fsp3) is 0.714. The van der Waals surface area contributed by atoms with E-state index in [9.17, 15) is 8.42 Å². The number of unbranched alkanes of at least 4 members (excludes halogenated alkanes) is 3. The molecule has 0 amide bonds. The van der Waals surface area contributed by atoms with Gasteiger partial charge in [0.05, 0.1) is 12.4 Å². The number of guanidine groups is 1. The minimum Gasteiger partial charge on any atom is -0.356 e. The van der Waals surface area contributed by atoms with E-state index in [0.717, 1.165) is 35.8 Å². The summed E-state index contributed by atoms with van der Waals surface area (Å²) in [5, 5.41) is 13.8. The Morgan fingerprint density at radius 3 is 2.60 bits per heavy atom. The molecule has 1 saturated carbocycles. The lowest BCUT2D eigenvalue weighted by Gasteiger charge is -2.23. The van der Waals surface area contributed by atoms with Gasteiger partial charge in [0.15, 0.2) is 5.96 Å². The Bertz CT molecular complexity index is 709. The molecule has 30 heavy (non-hydrogen) atoms. The van der Waals surface area contributed by atoms with Crippen molar-refractivity contribution in [3.8, 4) is 0 Å². The summed E-state index contributed by atoms with van der Waals surface area (Å²) >= 11 is 0. The Labute approximate surface area is 181 Å². The maximum absolute atomic E-state index is 12.3. The molecule has 0 atom stereocenters. The topological polar surface area (TPSA) is 107 Å². The molecule has 9 heteroatoms. The number of hydrogen-bond donors (Lipinski definition) is 3. The quantitative estimate of drug-likeness (QED) is 0.187. The van der Waals surface area contributed by atoms with Crippen molar-refractivity contribution >= 4 is 21.7 Å². The van der Waals surface area contributed by atoms with E-state index in [1.807, 2.05) is 0 Å². The van der Waals surface area contributed by atoms with Crippen LogP contribution in [0.2, 0.25) is 0 Å². The highest BCUT2D eigenvalue weighted by molar-refractivity contribution is 7.88. The number of hydrogen-bond acceptors (Lipinski definition) is 5. The van der Waals surface area contributed by atoms with Crippen molar-refractivity contribution in [2.45, 2.75) is 64.2 Å². The van der Waals surface area contributed by atoms with E-state index in [1.165, 1.54) is 39.2 Å². The zero-order chi connectivity index (χ0) is 21.7. The van der Waals surface area contributed by atoms with Crippen molar-refractivity contribution in [1.29, 1.82) is 5.41 Å². The Balaban J connectivity index is 1.48. The summed E-state index contributed by atoms with van der Waals surface area (Å²) in [5.41, 5.74) is 0.817. The Morgan fingerprint density at radius 1 is 1.17 bits per heavy atom. The number of anilines is 1. The number of hydroxylamine groups is 1. The van der Waals surface area contributed by atoms with Crippen molar-refractivity contribution < 1.29 is 13.3 Å². The van der Waals surface area contributed by atoms with Gasteiger partial charge in [0.1, 0.15) is 0 Å².